The number of fused-ring (bicyclic) bond motifs is 1. The maximum absolute atomic E-state index is 13.0. The van der Waals surface area contributed by atoms with Crippen LogP contribution in [0.25, 0.3) is 22.0 Å². The van der Waals surface area contributed by atoms with Crippen LogP contribution in [0.4, 0.5) is 11.4 Å². The Morgan fingerprint density at radius 1 is 1.03 bits per heavy atom. The first-order chi connectivity index (χ1) is 17.0. The molecule has 0 atom stereocenters. The fraction of sp³-hybridized carbons (Fsp3) is 0.296. The summed E-state index contributed by atoms with van der Waals surface area (Å²) >= 11 is 0. The summed E-state index contributed by atoms with van der Waals surface area (Å²) in [7, 11) is 0. The summed E-state index contributed by atoms with van der Waals surface area (Å²) in [5, 5.41) is 10.6. The average Bonchev–Trinajstić information content (AvgIpc) is 3.30. The Balaban J connectivity index is 1.43. The Hall–Kier alpha value is -4.07. The molecule has 3 heterocycles. The third-order valence-corrected chi connectivity index (χ3v) is 6.35. The first-order valence-corrected chi connectivity index (χ1v) is 12.0. The van der Waals surface area contributed by atoms with Crippen LogP contribution in [-0.4, -0.2) is 31.9 Å². The number of hydrogen-bond donors (Lipinski definition) is 3. The second-order valence-corrected chi connectivity index (χ2v) is 8.72. The van der Waals surface area contributed by atoms with E-state index in [2.05, 4.69) is 39.3 Å². The summed E-state index contributed by atoms with van der Waals surface area (Å²) in [6.45, 7) is 4.37. The SMILES string of the molecule is CCC(CC)CCCC(=O)c1ccc(NC(=O)c2n[nH]c3ccc(-c4cncc(N)c4)cc23)cn1. The van der Waals surface area contributed by atoms with Gasteiger partial charge in [-0.1, -0.05) is 39.2 Å². The average molecular weight is 471 g/mol. The van der Waals surface area contributed by atoms with Crippen LogP contribution in [-0.2, 0) is 0 Å². The smallest absolute Gasteiger partial charge is 0.276 e. The van der Waals surface area contributed by atoms with E-state index in [9.17, 15) is 9.59 Å². The summed E-state index contributed by atoms with van der Waals surface area (Å²) in [6, 6.07) is 10.8. The van der Waals surface area contributed by atoms with E-state index in [4.69, 9.17) is 5.73 Å². The van der Waals surface area contributed by atoms with E-state index in [1.165, 1.54) is 6.20 Å². The molecule has 3 aromatic heterocycles. The highest BCUT2D eigenvalue weighted by Crippen LogP contribution is 2.26. The number of carbonyl (C=O) groups is 2. The number of ketones is 1. The summed E-state index contributed by atoms with van der Waals surface area (Å²) in [5.74, 6) is 0.325. The first kappa shape index (κ1) is 24.1. The van der Waals surface area contributed by atoms with Gasteiger partial charge in [-0.15, -0.1) is 0 Å². The van der Waals surface area contributed by atoms with Crippen LogP contribution in [0.5, 0.6) is 0 Å². The van der Waals surface area contributed by atoms with Gasteiger partial charge in [-0.3, -0.25) is 24.7 Å². The maximum atomic E-state index is 13.0. The van der Waals surface area contributed by atoms with Gasteiger partial charge in [-0.2, -0.15) is 5.10 Å². The number of hydrogen-bond acceptors (Lipinski definition) is 6. The van der Waals surface area contributed by atoms with E-state index < -0.39 is 0 Å². The molecule has 0 radical (unpaired) electrons. The van der Waals surface area contributed by atoms with Crippen molar-refractivity contribution in [3.8, 4) is 11.1 Å². The van der Waals surface area contributed by atoms with Gasteiger partial charge >= 0.3 is 0 Å². The van der Waals surface area contributed by atoms with Crippen molar-refractivity contribution in [2.45, 2.75) is 46.0 Å². The van der Waals surface area contributed by atoms with Gasteiger partial charge in [0.05, 0.1) is 23.1 Å². The largest absolute Gasteiger partial charge is 0.397 e. The van der Waals surface area contributed by atoms with Crippen molar-refractivity contribution in [2.75, 3.05) is 11.1 Å². The van der Waals surface area contributed by atoms with E-state index in [0.717, 1.165) is 42.3 Å². The van der Waals surface area contributed by atoms with E-state index in [-0.39, 0.29) is 17.4 Å². The van der Waals surface area contributed by atoms with Gasteiger partial charge in [0.25, 0.3) is 5.91 Å². The molecule has 0 fully saturated rings. The van der Waals surface area contributed by atoms with Crippen molar-refractivity contribution in [3.63, 3.8) is 0 Å². The topological polar surface area (TPSA) is 127 Å². The molecule has 8 nitrogen and oxygen atoms in total. The maximum Gasteiger partial charge on any atom is 0.276 e. The van der Waals surface area contributed by atoms with Gasteiger partial charge in [-0.25, -0.2) is 0 Å². The van der Waals surface area contributed by atoms with Gasteiger partial charge in [0, 0.05) is 29.8 Å². The molecule has 1 amide bonds. The number of nitrogens with two attached hydrogens (primary N) is 1. The van der Waals surface area contributed by atoms with Crippen LogP contribution in [0.15, 0.2) is 55.0 Å². The van der Waals surface area contributed by atoms with Gasteiger partial charge in [-0.05, 0) is 48.2 Å². The highest BCUT2D eigenvalue weighted by Gasteiger charge is 2.16. The van der Waals surface area contributed by atoms with Crippen LogP contribution in [0.3, 0.4) is 0 Å². The van der Waals surface area contributed by atoms with E-state index in [1.807, 2.05) is 24.3 Å². The van der Waals surface area contributed by atoms with Gasteiger partial charge < -0.3 is 11.1 Å². The lowest BCUT2D eigenvalue weighted by molar-refractivity contribution is 0.0971. The van der Waals surface area contributed by atoms with Gasteiger partial charge in [0.15, 0.2) is 11.5 Å². The van der Waals surface area contributed by atoms with Gasteiger partial charge in [0.2, 0.25) is 0 Å². The molecule has 0 aliphatic heterocycles. The van der Waals surface area contributed by atoms with Gasteiger partial charge in [0.1, 0.15) is 5.69 Å². The second-order valence-electron chi connectivity index (χ2n) is 8.72. The first-order valence-electron chi connectivity index (χ1n) is 12.0. The molecule has 4 rings (SSSR count). The lowest BCUT2D eigenvalue weighted by Gasteiger charge is -2.11. The molecule has 0 bridgehead atoms. The van der Waals surface area contributed by atoms with Crippen LogP contribution in [0.1, 0.15) is 66.9 Å². The summed E-state index contributed by atoms with van der Waals surface area (Å²) in [6.07, 6.45) is 9.50. The van der Waals surface area contributed by atoms with Crippen LogP contribution in [0.2, 0.25) is 0 Å². The Kier molecular flexibility index (Phi) is 7.50. The molecule has 0 unspecified atom stereocenters. The standard InChI is InChI=1S/C27H30N6O2/c1-3-17(4-2)6-5-7-25(34)24-11-9-21(16-30-24)31-27(35)26-22-13-18(8-10-23(22)32-33-26)19-12-20(28)15-29-14-19/h8-17H,3-7,28H2,1-2H3,(H,31,35)(H,32,33). The zero-order valence-electron chi connectivity index (χ0n) is 20.0. The van der Waals surface area contributed by atoms with E-state index in [1.54, 1.807) is 24.5 Å². The number of nitrogens with one attached hydrogen (secondary N) is 2. The van der Waals surface area contributed by atoms with Crippen molar-refractivity contribution in [1.82, 2.24) is 20.2 Å². The predicted octanol–water partition coefficient (Wildman–Crippen LogP) is 5.64. The van der Waals surface area contributed by atoms with Crippen LogP contribution in [0, 0.1) is 5.92 Å². The highest BCUT2D eigenvalue weighted by molar-refractivity contribution is 6.11. The Morgan fingerprint density at radius 2 is 1.86 bits per heavy atom. The monoisotopic (exact) mass is 470 g/mol. The van der Waals surface area contributed by atoms with Crippen molar-refractivity contribution in [3.05, 3.63) is 66.4 Å². The van der Waals surface area contributed by atoms with Crippen molar-refractivity contribution in [1.29, 1.82) is 0 Å². The Bertz CT molecular complexity index is 1330. The minimum Gasteiger partial charge on any atom is -0.397 e. The number of benzene rings is 1. The van der Waals surface area contributed by atoms with Crippen LogP contribution < -0.4 is 11.1 Å². The quantitative estimate of drug-likeness (QED) is 0.257. The third-order valence-electron chi connectivity index (χ3n) is 6.35. The number of amides is 1. The number of pyridine rings is 2. The summed E-state index contributed by atoms with van der Waals surface area (Å²) in [4.78, 5) is 33.8. The number of aromatic nitrogens is 4. The molecule has 0 saturated carbocycles. The van der Waals surface area contributed by atoms with E-state index >= 15 is 0 Å². The lowest BCUT2D eigenvalue weighted by atomic mass is 9.95. The van der Waals surface area contributed by atoms with Crippen molar-refractivity contribution >= 4 is 34.0 Å². The normalized spacial score (nSPS) is 11.2. The number of anilines is 2. The second kappa shape index (κ2) is 10.9. The van der Waals surface area contributed by atoms with Crippen molar-refractivity contribution < 1.29 is 9.59 Å². The molecule has 180 valence electrons. The number of rotatable bonds is 10. The molecule has 1 aromatic carbocycles. The van der Waals surface area contributed by atoms with Crippen LogP contribution >= 0.6 is 0 Å². The third kappa shape index (κ3) is 5.71. The molecule has 0 saturated heterocycles. The molecular formula is C27H30N6O2. The minimum atomic E-state index is -0.370. The number of Topliss-reactive ketones (excluding diaryl/α,β-unsaturated/α-hetero) is 1. The highest BCUT2D eigenvalue weighted by atomic mass is 16.2. The zero-order valence-corrected chi connectivity index (χ0v) is 20.0. The Labute approximate surface area is 204 Å². The molecular weight excluding hydrogens is 440 g/mol. The number of nitrogen functional groups attached to an aromatic ring is 1. The molecule has 4 N–H and O–H groups in total. The molecule has 35 heavy (non-hydrogen) atoms. The number of carbonyl (C=O) groups excluding carboxylic acids is 2. The summed E-state index contributed by atoms with van der Waals surface area (Å²) < 4.78 is 0. The van der Waals surface area contributed by atoms with Crippen molar-refractivity contribution in [2.24, 2.45) is 5.92 Å². The molecule has 0 aliphatic carbocycles. The molecule has 0 spiro atoms. The lowest BCUT2D eigenvalue weighted by Crippen LogP contribution is -2.13. The zero-order chi connectivity index (χ0) is 24.8. The number of aromatic amines is 1. The molecule has 0 aliphatic rings. The number of nitrogens with zero attached hydrogens (tertiary/aromatic N) is 3. The minimum absolute atomic E-state index is 0.0238. The fourth-order valence-electron chi connectivity index (χ4n) is 4.18. The predicted molar refractivity (Wildman–Crippen MR) is 138 cm³/mol. The molecule has 4 aromatic rings. The molecule has 8 heteroatoms. The summed E-state index contributed by atoms with van der Waals surface area (Å²) in [5.41, 5.74) is 10.1. The van der Waals surface area contributed by atoms with E-state index in [0.29, 0.717) is 34.8 Å². The fourth-order valence-corrected chi connectivity index (χ4v) is 4.18. The number of H-pyrrole nitrogens is 1. The Morgan fingerprint density at radius 3 is 2.57 bits per heavy atom.